The lowest BCUT2D eigenvalue weighted by Crippen LogP contribution is -2.39. The number of rotatable bonds is 4. The fraction of sp³-hybridized carbons (Fsp3) is 0.429. The molecule has 3 aromatic heterocycles. The first-order valence-electron chi connectivity index (χ1n) is 12.8. The Labute approximate surface area is 204 Å². The molecule has 0 radical (unpaired) electrons. The third-order valence-electron chi connectivity index (χ3n) is 7.98. The van der Waals surface area contributed by atoms with Crippen molar-refractivity contribution in [1.82, 2.24) is 24.6 Å². The molecule has 6 rings (SSSR count). The quantitative estimate of drug-likeness (QED) is 0.466. The highest BCUT2D eigenvalue weighted by molar-refractivity contribution is 6.07. The van der Waals surface area contributed by atoms with E-state index in [1.807, 2.05) is 41.0 Å². The number of fused-ring (bicyclic) bond motifs is 3. The minimum atomic E-state index is -0.119. The Morgan fingerprint density at radius 1 is 1.06 bits per heavy atom. The molecule has 7 nitrogen and oxygen atoms in total. The monoisotopic (exact) mass is 469 g/mol. The highest BCUT2D eigenvalue weighted by Crippen LogP contribution is 2.34. The van der Waals surface area contributed by atoms with Crippen molar-refractivity contribution in [2.75, 3.05) is 13.1 Å². The minimum Gasteiger partial charge on any atom is -0.339 e. The molecule has 1 amide bonds. The van der Waals surface area contributed by atoms with Crippen molar-refractivity contribution in [2.45, 2.75) is 57.9 Å². The van der Waals surface area contributed by atoms with Gasteiger partial charge in [0.25, 0.3) is 11.5 Å². The van der Waals surface area contributed by atoms with Gasteiger partial charge in [-0.2, -0.15) is 5.10 Å². The van der Waals surface area contributed by atoms with Crippen LogP contribution in [0.3, 0.4) is 0 Å². The summed E-state index contributed by atoms with van der Waals surface area (Å²) in [6.07, 6.45) is 13.0. The summed E-state index contributed by atoms with van der Waals surface area (Å²) >= 11 is 0. The van der Waals surface area contributed by atoms with Gasteiger partial charge in [0.1, 0.15) is 0 Å². The SMILES string of the molecule is Cc1cc2[nH]c(=O)c3cnn(C4CCCC4)c3c2cc1C(=O)N1CCC(Cc2ccncc2)CC1. The number of carbonyl (C=O) groups excluding carboxylic acids is 1. The number of aromatic amines is 1. The number of H-pyrrole nitrogens is 1. The maximum atomic E-state index is 13.6. The topological polar surface area (TPSA) is 83.9 Å². The van der Waals surface area contributed by atoms with Gasteiger partial charge in [0.15, 0.2) is 0 Å². The third-order valence-corrected chi connectivity index (χ3v) is 7.98. The molecule has 180 valence electrons. The van der Waals surface area contributed by atoms with Gasteiger partial charge in [-0.25, -0.2) is 0 Å². The maximum absolute atomic E-state index is 13.6. The second-order valence-corrected chi connectivity index (χ2v) is 10.3. The summed E-state index contributed by atoms with van der Waals surface area (Å²) in [5.74, 6) is 0.669. The molecule has 0 bridgehead atoms. The lowest BCUT2D eigenvalue weighted by molar-refractivity contribution is 0.0690. The molecule has 0 unspecified atom stereocenters. The number of nitrogens with one attached hydrogen (secondary N) is 1. The van der Waals surface area contributed by atoms with Gasteiger partial charge < -0.3 is 9.88 Å². The number of aryl methyl sites for hydroxylation is 1. The molecule has 1 aromatic carbocycles. The van der Waals surface area contributed by atoms with Crippen molar-refractivity contribution in [3.05, 3.63) is 69.9 Å². The molecule has 0 spiro atoms. The largest absolute Gasteiger partial charge is 0.339 e. The van der Waals surface area contributed by atoms with Crippen LogP contribution in [0.2, 0.25) is 0 Å². The van der Waals surface area contributed by atoms with E-state index >= 15 is 0 Å². The predicted octanol–water partition coefficient (Wildman–Crippen LogP) is 4.79. The summed E-state index contributed by atoms with van der Waals surface area (Å²) in [6.45, 7) is 3.50. The molecule has 7 heteroatoms. The smallest absolute Gasteiger partial charge is 0.259 e. The molecule has 1 saturated heterocycles. The average Bonchev–Trinajstić information content (AvgIpc) is 3.55. The average molecular weight is 470 g/mol. The highest BCUT2D eigenvalue weighted by Gasteiger charge is 2.26. The number of benzene rings is 1. The predicted molar refractivity (Wildman–Crippen MR) is 137 cm³/mol. The van der Waals surface area contributed by atoms with Crippen LogP contribution in [0.1, 0.15) is 66.1 Å². The van der Waals surface area contributed by atoms with Crippen LogP contribution in [-0.2, 0) is 6.42 Å². The van der Waals surface area contributed by atoms with E-state index in [1.54, 1.807) is 6.20 Å². The maximum Gasteiger partial charge on any atom is 0.259 e. The second-order valence-electron chi connectivity index (χ2n) is 10.3. The van der Waals surface area contributed by atoms with Gasteiger partial charge >= 0.3 is 0 Å². The molecule has 2 aliphatic rings. The zero-order valence-corrected chi connectivity index (χ0v) is 20.2. The van der Waals surface area contributed by atoms with Crippen molar-refractivity contribution in [1.29, 1.82) is 0 Å². The van der Waals surface area contributed by atoms with Crippen molar-refractivity contribution in [3.63, 3.8) is 0 Å². The molecule has 4 aromatic rings. The van der Waals surface area contributed by atoms with Crippen LogP contribution in [0.25, 0.3) is 21.8 Å². The van der Waals surface area contributed by atoms with E-state index in [1.165, 1.54) is 18.4 Å². The molecule has 2 fully saturated rings. The van der Waals surface area contributed by atoms with Gasteiger partial charge in [0, 0.05) is 36.4 Å². The summed E-state index contributed by atoms with van der Waals surface area (Å²) < 4.78 is 2.04. The van der Waals surface area contributed by atoms with Gasteiger partial charge in [0.2, 0.25) is 0 Å². The molecular formula is C28H31N5O2. The van der Waals surface area contributed by atoms with E-state index in [0.717, 1.165) is 72.7 Å². The fourth-order valence-electron chi connectivity index (χ4n) is 6.01. The number of amides is 1. The number of hydrogen-bond donors (Lipinski definition) is 1. The van der Waals surface area contributed by atoms with Crippen LogP contribution in [0, 0.1) is 12.8 Å². The van der Waals surface area contributed by atoms with Crippen LogP contribution < -0.4 is 5.56 Å². The first-order chi connectivity index (χ1) is 17.1. The Bertz CT molecular complexity index is 1440. The number of nitrogens with zero attached hydrogens (tertiary/aromatic N) is 4. The molecule has 1 N–H and O–H groups in total. The van der Waals surface area contributed by atoms with E-state index in [9.17, 15) is 9.59 Å². The van der Waals surface area contributed by atoms with Crippen LogP contribution >= 0.6 is 0 Å². The first-order valence-corrected chi connectivity index (χ1v) is 12.8. The third kappa shape index (κ3) is 4.03. The molecule has 0 atom stereocenters. The summed E-state index contributed by atoms with van der Waals surface area (Å²) in [4.78, 5) is 35.5. The Morgan fingerprint density at radius 2 is 1.80 bits per heavy atom. The number of hydrogen-bond acceptors (Lipinski definition) is 4. The zero-order valence-electron chi connectivity index (χ0n) is 20.2. The van der Waals surface area contributed by atoms with Crippen LogP contribution in [0.15, 0.2) is 47.7 Å². The molecule has 4 heterocycles. The summed E-state index contributed by atoms with van der Waals surface area (Å²) in [6, 6.07) is 8.42. The Kier molecular flexibility index (Phi) is 5.63. The lowest BCUT2D eigenvalue weighted by atomic mass is 9.90. The van der Waals surface area contributed by atoms with Crippen molar-refractivity contribution < 1.29 is 4.79 Å². The number of carbonyl (C=O) groups is 1. The summed E-state index contributed by atoms with van der Waals surface area (Å²) in [7, 11) is 0. The van der Waals surface area contributed by atoms with Crippen molar-refractivity contribution in [3.8, 4) is 0 Å². The molecule has 35 heavy (non-hydrogen) atoms. The van der Waals surface area contributed by atoms with E-state index in [0.29, 0.717) is 17.3 Å². The lowest BCUT2D eigenvalue weighted by Gasteiger charge is -2.32. The first kappa shape index (κ1) is 22.0. The van der Waals surface area contributed by atoms with E-state index in [-0.39, 0.29) is 11.5 Å². The second kappa shape index (κ2) is 8.95. The van der Waals surface area contributed by atoms with E-state index in [4.69, 9.17) is 0 Å². The van der Waals surface area contributed by atoms with E-state index < -0.39 is 0 Å². The number of piperidine rings is 1. The summed E-state index contributed by atoms with van der Waals surface area (Å²) in [5, 5.41) is 6.12. The number of aromatic nitrogens is 4. The highest BCUT2D eigenvalue weighted by atomic mass is 16.2. The standard InChI is InChI=1S/C28H31N5O2/c1-18-14-25-23(26-24(27(34)31-25)17-30-33(26)21-4-2-3-5-21)16-22(18)28(35)32-12-8-20(9-13-32)15-19-6-10-29-11-7-19/h6-7,10-11,14,16-17,20-21H,2-5,8-9,12-13,15H2,1H3,(H,31,34). The van der Waals surface area contributed by atoms with Gasteiger partial charge in [-0.05, 0) is 80.3 Å². The molecule has 1 aliphatic heterocycles. The normalized spacial score (nSPS) is 17.6. The van der Waals surface area contributed by atoms with Crippen molar-refractivity contribution >= 4 is 27.7 Å². The van der Waals surface area contributed by atoms with Gasteiger partial charge in [-0.1, -0.05) is 12.8 Å². The van der Waals surface area contributed by atoms with Crippen molar-refractivity contribution in [2.24, 2.45) is 5.92 Å². The molecule has 1 aliphatic carbocycles. The van der Waals surface area contributed by atoms with Crippen LogP contribution in [0.4, 0.5) is 0 Å². The Balaban J connectivity index is 1.30. The van der Waals surface area contributed by atoms with E-state index in [2.05, 4.69) is 27.2 Å². The molecule has 1 saturated carbocycles. The van der Waals surface area contributed by atoms with Gasteiger partial charge in [-0.15, -0.1) is 0 Å². The number of likely N-dealkylation sites (tertiary alicyclic amines) is 1. The Hall–Kier alpha value is -3.48. The fourth-order valence-corrected chi connectivity index (χ4v) is 6.01. The van der Waals surface area contributed by atoms with Crippen LogP contribution in [-0.4, -0.2) is 43.6 Å². The summed E-state index contributed by atoms with van der Waals surface area (Å²) in [5.41, 5.74) is 4.44. The van der Waals surface area contributed by atoms with Crippen LogP contribution in [0.5, 0.6) is 0 Å². The number of pyridine rings is 2. The zero-order chi connectivity index (χ0) is 23.9. The van der Waals surface area contributed by atoms with Gasteiger partial charge in [0.05, 0.1) is 28.7 Å². The molecular weight excluding hydrogens is 438 g/mol. The minimum absolute atomic E-state index is 0.0815. The van der Waals surface area contributed by atoms with Gasteiger partial charge in [-0.3, -0.25) is 19.3 Å². The Morgan fingerprint density at radius 3 is 2.54 bits per heavy atom.